The van der Waals surface area contributed by atoms with E-state index in [2.05, 4.69) is 23.8 Å². The summed E-state index contributed by atoms with van der Waals surface area (Å²) in [5.74, 6) is 0.832. The van der Waals surface area contributed by atoms with Crippen molar-refractivity contribution in [2.24, 2.45) is 5.92 Å². The highest BCUT2D eigenvalue weighted by Crippen LogP contribution is 2.20. The van der Waals surface area contributed by atoms with Crippen molar-refractivity contribution >= 4 is 5.69 Å². The third-order valence-electron chi connectivity index (χ3n) is 3.52. The van der Waals surface area contributed by atoms with Gasteiger partial charge in [0.1, 0.15) is 0 Å². The summed E-state index contributed by atoms with van der Waals surface area (Å²) in [7, 11) is 0. The average Bonchev–Trinajstić information content (AvgIpc) is 2.66. The minimum absolute atomic E-state index is 0.712. The number of hydrogen-bond donors (Lipinski definition) is 1. The molecule has 2 unspecified atom stereocenters. The Kier molecular flexibility index (Phi) is 3.49. The molecule has 1 saturated heterocycles. The van der Waals surface area contributed by atoms with E-state index in [1.54, 1.807) is 6.20 Å². The van der Waals surface area contributed by atoms with Crippen molar-refractivity contribution in [2.75, 3.05) is 18.8 Å². The van der Waals surface area contributed by atoms with Crippen LogP contribution in [-0.2, 0) is 6.54 Å². The molecule has 0 spiro atoms. The predicted molar refractivity (Wildman–Crippen MR) is 66.1 cm³/mol. The summed E-state index contributed by atoms with van der Waals surface area (Å²) in [6.45, 7) is 7.90. The number of nitrogens with two attached hydrogens (primary N) is 1. The maximum absolute atomic E-state index is 5.64. The van der Waals surface area contributed by atoms with Crippen molar-refractivity contribution in [1.82, 2.24) is 14.7 Å². The zero-order valence-corrected chi connectivity index (χ0v) is 10.3. The zero-order chi connectivity index (χ0) is 11.5. The largest absolute Gasteiger partial charge is 0.396 e. The molecule has 90 valence electrons. The van der Waals surface area contributed by atoms with Gasteiger partial charge >= 0.3 is 0 Å². The molecule has 1 aromatic rings. The van der Waals surface area contributed by atoms with Crippen LogP contribution in [-0.4, -0.2) is 33.8 Å². The second-order valence-corrected chi connectivity index (χ2v) is 5.06. The molecule has 16 heavy (non-hydrogen) atoms. The first kappa shape index (κ1) is 11.5. The van der Waals surface area contributed by atoms with Crippen molar-refractivity contribution in [3.8, 4) is 0 Å². The van der Waals surface area contributed by atoms with Gasteiger partial charge in [-0.1, -0.05) is 6.92 Å². The second kappa shape index (κ2) is 4.87. The highest BCUT2D eigenvalue weighted by atomic mass is 15.3. The highest BCUT2D eigenvalue weighted by Gasteiger charge is 2.22. The number of likely N-dealkylation sites (tertiary alicyclic amines) is 1. The Morgan fingerprint density at radius 2 is 2.19 bits per heavy atom. The lowest BCUT2D eigenvalue weighted by Gasteiger charge is -2.36. The van der Waals surface area contributed by atoms with Crippen LogP contribution in [0.3, 0.4) is 0 Å². The quantitative estimate of drug-likeness (QED) is 0.844. The van der Waals surface area contributed by atoms with E-state index in [0.29, 0.717) is 6.04 Å². The van der Waals surface area contributed by atoms with E-state index in [9.17, 15) is 0 Å². The van der Waals surface area contributed by atoms with Crippen LogP contribution in [0, 0.1) is 5.92 Å². The maximum Gasteiger partial charge on any atom is 0.0719 e. The summed E-state index contributed by atoms with van der Waals surface area (Å²) in [5.41, 5.74) is 6.39. The van der Waals surface area contributed by atoms with Gasteiger partial charge in [-0.15, -0.1) is 0 Å². The van der Waals surface area contributed by atoms with Gasteiger partial charge in [0.25, 0.3) is 0 Å². The fraction of sp³-hybridized carbons (Fsp3) is 0.750. The van der Waals surface area contributed by atoms with Crippen LogP contribution in [0.2, 0.25) is 0 Å². The molecule has 2 N–H and O–H groups in total. The number of rotatable bonds is 3. The van der Waals surface area contributed by atoms with Gasteiger partial charge in [-0.3, -0.25) is 9.58 Å². The average molecular weight is 222 g/mol. The molecule has 0 amide bonds. The first-order valence-corrected chi connectivity index (χ1v) is 6.17. The first-order chi connectivity index (χ1) is 7.65. The Morgan fingerprint density at radius 3 is 2.88 bits per heavy atom. The summed E-state index contributed by atoms with van der Waals surface area (Å²) in [6, 6.07) is 0.712. The van der Waals surface area contributed by atoms with Gasteiger partial charge < -0.3 is 5.73 Å². The molecule has 2 heterocycles. The minimum atomic E-state index is 0.712. The van der Waals surface area contributed by atoms with Crippen molar-refractivity contribution in [2.45, 2.75) is 39.3 Å². The van der Waals surface area contributed by atoms with Gasteiger partial charge in [-0.05, 0) is 25.7 Å². The molecular weight excluding hydrogens is 200 g/mol. The Morgan fingerprint density at radius 1 is 1.38 bits per heavy atom. The van der Waals surface area contributed by atoms with Crippen molar-refractivity contribution in [3.63, 3.8) is 0 Å². The molecular formula is C12H22N4. The summed E-state index contributed by atoms with van der Waals surface area (Å²) >= 11 is 0. The monoisotopic (exact) mass is 222 g/mol. The molecule has 4 nitrogen and oxygen atoms in total. The second-order valence-electron chi connectivity index (χ2n) is 5.06. The summed E-state index contributed by atoms with van der Waals surface area (Å²) in [6.07, 6.45) is 6.30. The summed E-state index contributed by atoms with van der Waals surface area (Å²) in [5, 5.41) is 4.21. The molecule has 1 aliphatic rings. The minimum Gasteiger partial charge on any atom is -0.396 e. The lowest BCUT2D eigenvalue weighted by atomic mass is 9.95. The van der Waals surface area contributed by atoms with Crippen molar-refractivity contribution in [1.29, 1.82) is 0 Å². The van der Waals surface area contributed by atoms with Crippen LogP contribution in [0.5, 0.6) is 0 Å². The van der Waals surface area contributed by atoms with E-state index in [1.807, 2.05) is 10.9 Å². The molecule has 1 aromatic heterocycles. The summed E-state index contributed by atoms with van der Waals surface area (Å²) in [4.78, 5) is 2.56. The number of nitrogens with zero attached hydrogens (tertiary/aromatic N) is 3. The Balaban J connectivity index is 1.84. The van der Waals surface area contributed by atoms with E-state index >= 15 is 0 Å². The van der Waals surface area contributed by atoms with E-state index in [0.717, 1.165) is 24.7 Å². The third-order valence-corrected chi connectivity index (χ3v) is 3.52. The standard InChI is InChI=1S/C12H22N4/c1-10-3-4-11(2)15(8-10)5-6-16-9-12(13)7-14-16/h7,9-11H,3-6,8,13H2,1-2H3. The lowest BCUT2D eigenvalue weighted by molar-refractivity contribution is 0.119. The van der Waals surface area contributed by atoms with Crippen LogP contribution in [0.25, 0.3) is 0 Å². The topological polar surface area (TPSA) is 47.1 Å². The Hall–Kier alpha value is -1.03. The molecule has 4 heteroatoms. The highest BCUT2D eigenvalue weighted by molar-refractivity contribution is 5.30. The van der Waals surface area contributed by atoms with Gasteiger partial charge in [-0.2, -0.15) is 5.10 Å². The van der Waals surface area contributed by atoms with Gasteiger partial charge in [0.2, 0.25) is 0 Å². The Labute approximate surface area is 97.4 Å². The molecule has 0 bridgehead atoms. The molecule has 0 saturated carbocycles. The molecule has 0 radical (unpaired) electrons. The van der Waals surface area contributed by atoms with Crippen LogP contribution < -0.4 is 5.73 Å². The van der Waals surface area contributed by atoms with E-state index in [-0.39, 0.29) is 0 Å². The fourth-order valence-corrected chi connectivity index (χ4v) is 2.42. The summed E-state index contributed by atoms with van der Waals surface area (Å²) < 4.78 is 1.93. The Bertz CT molecular complexity index is 334. The number of hydrogen-bond acceptors (Lipinski definition) is 3. The van der Waals surface area contributed by atoms with Crippen molar-refractivity contribution < 1.29 is 0 Å². The number of nitrogen functional groups attached to an aromatic ring is 1. The van der Waals surface area contributed by atoms with E-state index in [1.165, 1.54) is 19.4 Å². The zero-order valence-electron chi connectivity index (χ0n) is 10.3. The SMILES string of the molecule is CC1CCC(C)N(CCn2cc(N)cn2)C1. The molecule has 0 aromatic carbocycles. The van der Waals surface area contributed by atoms with Gasteiger partial charge in [-0.25, -0.2) is 0 Å². The van der Waals surface area contributed by atoms with Crippen LogP contribution in [0.15, 0.2) is 12.4 Å². The predicted octanol–water partition coefficient (Wildman–Crippen LogP) is 1.59. The molecule has 2 rings (SSSR count). The normalized spacial score (nSPS) is 27.1. The molecule has 0 aliphatic carbocycles. The van der Waals surface area contributed by atoms with Crippen molar-refractivity contribution in [3.05, 3.63) is 12.4 Å². The third kappa shape index (κ3) is 2.76. The maximum atomic E-state index is 5.64. The van der Waals surface area contributed by atoms with Crippen LogP contribution in [0.4, 0.5) is 5.69 Å². The molecule has 1 aliphatic heterocycles. The van der Waals surface area contributed by atoms with Crippen LogP contribution >= 0.6 is 0 Å². The molecule has 2 atom stereocenters. The first-order valence-electron chi connectivity index (χ1n) is 6.17. The van der Waals surface area contributed by atoms with E-state index < -0.39 is 0 Å². The lowest BCUT2D eigenvalue weighted by Crippen LogP contribution is -2.42. The van der Waals surface area contributed by atoms with Gasteiger partial charge in [0.05, 0.1) is 18.4 Å². The number of aromatic nitrogens is 2. The number of piperidine rings is 1. The van der Waals surface area contributed by atoms with Gasteiger partial charge in [0, 0.05) is 25.3 Å². The fourth-order valence-electron chi connectivity index (χ4n) is 2.42. The smallest absolute Gasteiger partial charge is 0.0719 e. The van der Waals surface area contributed by atoms with Crippen LogP contribution in [0.1, 0.15) is 26.7 Å². The van der Waals surface area contributed by atoms with E-state index in [4.69, 9.17) is 5.73 Å². The van der Waals surface area contributed by atoms with Gasteiger partial charge in [0.15, 0.2) is 0 Å². The molecule has 1 fully saturated rings. The number of anilines is 1.